The van der Waals surface area contributed by atoms with Crippen LogP contribution in [-0.2, 0) is 20.9 Å². The first-order valence-electron chi connectivity index (χ1n) is 13.0. The fourth-order valence-electron chi connectivity index (χ4n) is 5.79. The number of aliphatic carboxylic acids is 2. The van der Waals surface area contributed by atoms with E-state index in [1.54, 1.807) is 6.08 Å². The molecule has 1 aromatic heterocycles. The molecule has 2 aromatic rings. The molecule has 1 aliphatic carbocycles. The third-order valence-corrected chi connectivity index (χ3v) is 10.3. The summed E-state index contributed by atoms with van der Waals surface area (Å²) in [6.45, 7) is -0.219. The summed E-state index contributed by atoms with van der Waals surface area (Å²) in [5.41, 5.74) is 2.93. The smallest absolute Gasteiger partial charge is 0.323 e. The van der Waals surface area contributed by atoms with Crippen molar-refractivity contribution in [2.75, 3.05) is 18.5 Å². The van der Waals surface area contributed by atoms with Crippen molar-refractivity contribution >= 4 is 74.2 Å². The van der Waals surface area contributed by atoms with Gasteiger partial charge in [-0.1, -0.05) is 42.9 Å². The van der Waals surface area contributed by atoms with Crippen molar-refractivity contribution in [2.24, 2.45) is 0 Å². The summed E-state index contributed by atoms with van der Waals surface area (Å²) in [4.78, 5) is 53.0. The molecule has 3 aliphatic rings. The van der Waals surface area contributed by atoms with Crippen LogP contribution < -0.4 is 19.7 Å². The number of carbonyl (C=O) groups is 3. The number of carboxylic acid groups (broad SMARTS) is 2. The lowest BCUT2D eigenvalue weighted by molar-refractivity contribution is -0.138. The number of hydrogen-bond acceptors (Lipinski definition) is 8. The maximum Gasteiger partial charge on any atom is 0.323 e. The molecule has 39 heavy (non-hydrogen) atoms. The third kappa shape index (κ3) is 5.42. The molecule has 2 atom stereocenters. The number of rotatable bonds is 9. The number of benzene rings is 1. The molecule has 12 heteroatoms. The summed E-state index contributed by atoms with van der Waals surface area (Å²) in [5.74, 6) is -1.90. The number of thiazole rings is 1. The molecule has 0 radical (unpaired) electrons. The van der Waals surface area contributed by atoms with E-state index in [4.69, 9.17) is 17.3 Å². The van der Waals surface area contributed by atoms with Gasteiger partial charge < -0.3 is 15.1 Å². The van der Waals surface area contributed by atoms with Gasteiger partial charge in [-0.2, -0.15) is 0 Å². The Kier molecular flexibility index (Phi) is 7.97. The number of thiocarbonyl (C=S) groups is 1. The highest BCUT2D eigenvalue weighted by atomic mass is 32.2. The minimum absolute atomic E-state index is 0.0720. The molecule has 0 bridgehead atoms. The zero-order chi connectivity index (χ0) is 27.8. The van der Waals surface area contributed by atoms with Gasteiger partial charge in [-0.05, 0) is 55.0 Å². The van der Waals surface area contributed by atoms with Gasteiger partial charge in [-0.15, -0.1) is 11.3 Å². The van der Waals surface area contributed by atoms with E-state index in [-0.39, 0.29) is 21.9 Å². The highest BCUT2D eigenvalue weighted by Crippen LogP contribution is 2.48. The average Bonchev–Trinajstić information content (AvgIpc) is 3.61. The molecule has 2 fully saturated rings. The first kappa shape index (κ1) is 27.6. The minimum Gasteiger partial charge on any atom is -0.481 e. The summed E-state index contributed by atoms with van der Waals surface area (Å²) in [5, 5.41) is 18.3. The Morgan fingerprint density at radius 3 is 2.67 bits per heavy atom. The Balaban J connectivity index is 1.49. The monoisotopic (exact) mass is 587 g/mol. The van der Waals surface area contributed by atoms with Gasteiger partial charge in [-0.25, -0.2) is 0 Å². The van der Waals surface area contributed by atoms with Gasteiger partial charge in [0.25, 0.3) is 11.5 Å². The van der Waals surface area contributed by atoms with Crippen LogP contribution in [-0.4, -0.2) is 61.5 Å². The molecule has 5 rings (SSSR count). The van der Waals surface area contributed by atoms with E-state index in [0.29, 0.717) is 46.6 Å². The minimum atomic E-state index is -1.18. The molecule has 2 N–H and O–H groups in total. The van der Waals surface area contributed by atoms with Gasteiger partial charge >= 0.3 is 11.9 Å². The van der Waals surface area contributed by atoms with Gasteiger partial charge in [-0.3, -0.25) is 28.6 Å². The highest BCUT2D eigenvalue weighted by molar-refractivity contribution is 8.30. The van der Waals surface area contributed by atoms with Crippen LogP contribution in [0.25, 0.3) is 11.0 Å². The standard InChI is InChI=1S/C27H29N3O6S3/c1-28-18-7-5-6-16(18)17-12-15(9-10-19(17)28)13-20-24(35)30(14-22(33)34)26(38-20)23-25(36)29(27(37)39-23)11-4-2-3-8-21(31)32/h9-10,12-13,16,18H,2-8,11,14H2,1H3,(H,31,32)(H,33,34)/b20-13-,26-23+. The molecule has 2 aliphatic heterocycles. The van der Waals surface area contributed by atoms with Crippen molar-refractivity contribution in [3.63, 3.8) is 0 Å². The van der Waals surface area contributed by atoms with Crippen LogP contribution in [0.5, 0.6) is 0 Å². The number of carboxylic acids is 2. The Bertz CT molecular complexity index is 1540. The number of aromatic nitrogens is 1. The number of unbranched alkanes of at least 4 members (excludes halogenated alkanes) is 2. The van der Waals surface area contributed by atoms with Crippen molar-refractivity contribution in [2.45, 2.75) is 63.5 Å². The predicted octanol–water partition coefficient (Wildman–Crippen LogP) is 2.52. The van der Waals surface area contributed by atoms with Gasteiger partial charge in [0.05, 0.1) is 4.53 Å². The van der Waals surface area contributed by atoms with Crippen LogP contribution in [0.15, 0.2) is 23.0 Å². The maximum atomic E-state index is 13.4. The molecule has 1 amide bonds. The first-order chi connectivity index (χ1) is 18.7. The number of hydrogen-bond donors (Lipinski definition) is 2. The number of anilines is 1. The van der Waals surface area contributed by atoms with E-state index in [0.717, 1.165) is 39.7 Å². The first-order valence-corrected chi connectivity index (χ1v) is 15.0. The van der Waals surface area contributed by atoms with Crippen molar-refractivity contribution in [1.82, 2.24) is 9.47 Å². The fourth-order valence-corrected chi connectivity index (χ4v) is 8.35. The molecule has 0 spiro atoms. The van der Waals surface area contributed by atoms with Crippen molar-refractivity contribution in [3.8, 4) is 0 Å². The summed E-state index contributed by atoms with van der Waals surface area (Å²) in [6, 6.07) is 6.70. The zero-order valence-electron chi connectivity index (χ0n) is 21.4. The summed E-state index contributed by atoms with van der Waals surface area (Å²) < 4.78 is 2.14. The fraction of sp³-hybridized carbons (Fsp3) is 0.444. The van der Waals surface area contributed by atoms with Crippen molar-refractivity contribution in [3.05, 3.63) is 48.9 Å². The SMILES string of the molecule is CN1c2ccc(/C=c3\s/c(=C4/SC(=S)N(CCCCCC(=O)O)C4=O)n(CC(=O)O)c3=O)cc2C2CCCC21. The highest BCUT2D eigenvalue weighted by Gasteiger charge is 2.39. The van der Waals surface area contributed by atoms with E-state index in [1.807, 2.05) is 6.07 Å². The van der Waals surface area contributed by atoms with Crippen LogP contribution >= 0.6 is 35.3 Å². The topological polar surface area (TPSA) is 120 Å². The van der Waals surface area contributed by atoms with E-state index < -0.39 is 24.0 Å². The van der Waals surface area contributed by atoms with E-state index in [1.165, 1.54) is 29.0 Å². The van der Waals surface area contributed by atoms with Gasteiger partial charge in [0.15, 0.2) is 0 Å². The van der Waals surface area contributed by atoms with Crippen LogP contribution in [0.2, 0.25) is 0 Å². The largest absolute Gasteiger partial charge is 0.481 e. The molecule has 206 valence electrons. The second-order valence-electron chi connectivity index (χ2n) is 10.1. The number of likely N-dealkylation sites (N-methyl/N-ethyl adjacent to an activating group) is 1. The zero-order valence-corrected chi connectivity index (χ0v) is 23.9. The summed E-state index contributed by atoms with van der Waals surface area (Å²) in [6.07, 6.45) is 7.11. The van der Waals surface area contributed by atoms with E-state index in [9.17, 15) is 24.3 Å². The number of thioether (sulfide) groups is 1. The lowest BCUT2D eigenvalue weighted by Gasteiger charge is -2.21. The molecule has 9 nitrogen and oxygen atoms in total. The lowest BCUT2D eigenvalue weighted by Crippen LogP contribution is -2.35. The van der Waals surface area contributed by atoms with Crippen LogP contribution in [0.3, 0.4) is 0 Å². The normalized spacial score (nSPS) is 22.1. The molecule has 1 aromatic carbocycles. The lowest BCUT2D eigenvalue weighted by atomic mass is 9.96. The van der Waals surface area contributed by atoms with E-state index in [2.05, 4.69) is 24.1 Å². The van der Waals surface area contributed by atoms with E-state index >= 15 is 0 Å². The van der Waals surface area contributed by atoms with Crippen LogP contribution in [0, 0.1) is 0 Å². The molecule has 2 unspecified atom stereocenters. The summed E-state index contributed by atoms with van der Waals surface area (Å²) >= 11 is 7.60. The quantitative estimate of drug-likeness (QED) is 0.337. The molecular formula is C27H29N3O6S3. The summed E-state index contributed by atoms with van der Waals surface area (Å²) in [7, 11) is 2.13. The van der Waals surface area contributed by atoms with Gasteiger partial charge in [0.1, 0.15) is 20.4 Å². The number of amides is 1. The molecule has 1 saturated carbocycles. The average molecular weight is 588 g/mol. The van der Waals surface area contributed by atoms with Crippen LogP contribution in [0.4, 0.5) is 5.69 Å². The molecule has 1 saturated heterocycles. The molecular weight excluding hydrogens is 559 g/mol. The Labute approximate surface area is 238 Å². The Morgan fingerprint density at radius 1 is 1.13 bits per heavy atom. The molecule has 3 heterocycles. The van der Waals surface area contributed by atoms with Crippen molar-refractivity contribution in [1.29, 1.82) is 0 Å². The predicted molar refractivity (Wildman–Crippen MR) is 156 cm³/mol. The third-order valence-electron chi connectivity index (χ3n) is 7.62. The second kappa shape index (κ2) is 11.3. The van der Waals surface area contributed by atoms with Gasteiger partial charge in [0, 0.05) is 37.7 Å². The second-order valence-corrected chi connectivity index (χ2v) is 12.8. The van der Waals surface area contributed by atoms with Crippen molar-refractivity contribution < 1.29 is 24.6 Å². The Hall–Kier alpha value is -2.96. The number of nitrogens with zero attached hydrogens (tertiary/aromatic N) is 3. The Morgan fingerprint density at radius 2 is 1.92 bits per heavy atom. The maximum absolute atomic E-state index is 13.4. The number of carbonyl (C=O) groups excluding carboxylic acids is 1. The van der Waals surface area contributed by atoms with Gasteiger partial charge in [0.2, 0.25) is 0 Å². The van der Waals surface area contributed by atoms with Crippen LogP contribution in [0.1, 0.15) is 62.0 Å². The number of fused-ring (bicyclic) bond motifs is 3.